The first-order chi connectivity index (χ1) is 6.18. The SMILES string of the molecule is CN1CC(=O)Nc2c(N)cccc21. The fraction of sp³-hybridized carbons (Fsp3) is 0.222. The first kappa shape index (κ1) is 7.91. The summed E-state index contributed by atoms with van der Waals surface area (Å²) in [6.07, 6.45) is 0. The Hall–Kier alpha value is -1.71. The number of carbonyl (C=O) groups excluding carboxylic acids is 1. The summed E-state index contributed by atoms with van der Waals surface area (Å²) in [6.45, 7) is 0.385. The van der Waals surface area contributed by atoms with Crippen LogP contribution in [-0.2, 0) is 4.79 Å². The number of carbonyl (C=O) groups is 1. The van der Waals surface area contributed by atoms with Crippen molar-refractivity contribution in [3.63, 3.8) is 0 Å². The van der Waals surface area contributed by atoms with Crippen LogP contribution in [0, 0.1) is 0 Å². The number of hydrogen-bond donors (Lipinski definition) is 2. The van der Waals surface area contributed by atoms with E-state index in [0.29, 0.717) is 12.2 Å². The number of nitrogens with zero attached hydrogens (tertiary/aromatic N) is 1. The predicted octanol–water partition coefficient (Wildman–Crippen LogP) is 0.657. The second-order valence-corrected chi connectivity index (χ2v) is 3.15. The lowest BCUT2D eigenvalue weighted by Gasteiger charge is -2.27. The van der Waals surface area contributed by atoms with Gasteiger partial charge in [0.1, 0.15) is 0 Å². The van der Waals surface area contributed by atoms with E-state index in [0.717, 1.165) is 11.4 Å². The molecule has 0 bridgehead atoms. The van der Waals surface area contributed by atoms with Crippen molar-refractivity contribution in [1.29, 1.82) is 0 Å². The quantitative estimate of drug-likeness (QED) is 0.572. The monoisotopic (exact) mass is 177 g/mol. The number of benzene rings is 1. The molecule has 0 radical (unpaired) electrons. The number of nitrogen functional groups attached to an aromatic ring is 1. The molecular weight excluding hydrogens is 166 g/mol. The van der Waals surface area contributed by atoms with Crippen LogP contribution in [0.1, 0.15) is 0 Å². The molecule has 68 valence electrons. The highest BCUT2D eigenvalue weighted by Gasteiger charge is 2.19. The van der Waals surface area contributed by atoms with Gasteiger partial charge in [-0.25, -0.2) is 0 Å². The third-order valence-corrected chi connectivity index (χ3v) is 2.13. The minimum Gasteiger partial charge on any atom is -0.397 e. The van der Waals surface area contributed by atoms with Gasteiger partial charge >= 0.3 is 0 Å². The molecule has 0 unspecified atom stereocenters. The molecule has 0 aromatic heterocycles. The largest absolute Gasteiger partial charge is 0.397 e. The Morgan fingerprint density at radius 1 is 1.54 bits per heavy atom. The third-order valence-electron chi connectivity index (χ3n) is 2.13. The average Bonchev–Trinajstić information content (AvgIpc) is 2.07. The molecule has 1 aromatic rings. The molecule has 2 rings (SSSR count). The Morgan fingerprint density at radius 3 is 3.08 bits per heavy atom. The fourth-order valence-electron chi connectivity index (χ4n) is 1.49. The number of amides is 1. The number of nitrogens with two attached hydrogens (primary N) is 1. The summed E-state index contributed by atoms with van der Waals surface area (Å²) in [7, 11) is 1.87. The van der Waals surface area contributed by atoms with Crippen LogP contribution in [0.2, 0.25) is 0 Å². The maximum atomic E-state index is 11.2. The molecule has 0 saturated carbocycles. The van der Waals surface area contributed by atoms with Gasteiger partial charge in [0.15, 0.2) is 0 Å². The van der Waals surface area contributed by atoms with Crippen molar-refractivity contribution in [3.8, 4) is 0 Å². The molecule has 13 heavy (non-hydrogen) atoms. The van der Waals surface area contributed by atoms with Gasteiger partial charge in [0.25, 0.3) is 0 Å². The van der Waals surface area contributed by atoms with Crippen molar-refractivity contribution in [2.24, 2.45) is 0 Å². The first-order valence-electron chi connectivity index (χ1n) is 4.08. The molecule has 1 aliphatic rings. The summed E-state index contributed by atoms with van der Waals surface area (Å²) < 4.78 is 0. The smallest absolute Gasteiger partial charge is 0.243 e. The van der Waals surface area contributed by atoms with E-state index >= 15 is 0 Å². The lowest BCUT2D eigenvalue weighted by molar-refractivity contribution is -0.115. The number of rotatable bonds is 0. The van der Waals surface area contributed by atoms with Crippen molar-refractivity contribution >= 4 is 23.0 Å². The molecule has 1 aromatic carbocycles. The van der Waals surface area contributed by atoms with Gasteiger partial charge in [0.05, 0.1) is 23.6 Å². The summed E-state index contributed by atoms with van der Waals surface area (Å²) in [6, 6.07) is 5.59. The van der Waals surface area contributed by atoms with Crippen LogP contribution in [0.4, 0.5) is 17.1 Å². The molecule has 1 aliphatic heterocycles. The van der Waals surface area contributed by atoms with Gasteiger partial charge in [0.2, 0.25) is 5.91 Å². The summed E-state index contributed by atoms with van der Waals surface area (Å²) in [5, 5.41) is 2.75. The Bertz CT molecular complexity index is 362. The van der Waals surface area contributed by atoms with Crippen LogP contribution in [0.3, 0.4) is 0 Å². The van der Waals surface area contributed by atoms with E-state index in [1.807, 2.05) is 24.1 Å². The van der Waals surface area contributed by atoms with Crippen molar-refractivity contribution in [2.45, 2.75) is 0 Å². The van der Waals surface area contributed by atoms with E-state index in [1.165, 1.54) is 0 Å². The molecule has 3 N–H and O–H groups in total. The fourth-order valence-corrected chi connectivity index (χ4v) is 1.49. The Morgan fingerprint density at radius 2 is 2.31 bits per heavy atom. The Labute approximate surface area is 76.3 Å². The molecular formula is C9H11N3O. The molecule has 0 aliphatic carbocycles. The average molecular weight is 177 g/mol. The molecule has 0 saturated heterocycles. The summed E-state index contributed by atoms with van der Waals surface area (Å²) in [5.41, 5.74) is 8.03. The van der Waals surface area contributed by atoms with E-state index in [4.69, 9.17) is 5.73 Å². The first-order valence-corrected chi connectivity index (χ1v) is 4.08. The lowest BCUT2D eigenvalue weighted by atomic mass is 10.2. The van der Waals surface area contributed by atoms with Crippen LogP contribution in [0.15, 0.2) is 18.2 Å². The van der Waals surface area contributed by atoms with E-state index in [9.17, 15) is 4.79 Å². The number of para-hydroxylation sites is 1. The number of fused-ring (bicyclic) bond motifs is 1. The van der Waals surface area contributed by atoms with E-state index in [2.05, 4.69) is 5.32 Å². The number of nitrogens with one attached hydrogen (secondary N) is 1. The minimum atomic E-state index is -0.0205. The molecule has 1 amide bonds. The van der Waals surface area contributed by atoms with Crippen molar-refractivity contribution in [1.82, 2.24) is 0 Å². The highest BCUT2D eigenvalue weighted by atomic mass is 16.2. The van der Waals surface area contributed by atoms with E-state index in [1.54, 1.807) is 6.07 Å². The van der Waals surface area contributed by atoms with Crippen molar-refractivity contribution in [2.75, 3.05) is 29.5 Å². The summed E-state index contributed by atoms with van der Waals surface area (Å²) in [5.74, 6) is -0.0205. The lowest BCUT2D eigenvalue weighted by Crippen LogP contribution is -2.35. The van der Waals surface area contributed by atoms with Gasteiger partial charge in [-0.2, -0.15) is 0 Å². The maximum absolute atomic E-state index is 11.2. The van der Waals surface area contributed by atoms with Crippen LogP contribution < -0.4 is 16.0 Å². The Kier molecular flexibility index (Phi) is 1.62. The van der Waals surface area contributed by atoms with Gasteiger partial charge in [0, 0.05) is 7.05 Å². The standard InChI is InChI=1S/C9H11N3O/c1-12-5-8(13)11-9-6(10)3-2-4-7(9)12/h2-4H,5,10H2,1H3,(H,11,13). The normalized spacial score (nSPS) is 15.2. The highest BCUT2D eigenvalue weighted by molar-refractivity contribution is 6.04. The van der Waals surface area contributed by atoms with Crippen LogP contribution in [-0.4, -0.2) is 19.5 Å². The van der Waals surface area contributed by atoms with Crippen LogP contribution >= 0.6 is 0 Å². The molecule has 0 atom stereocenters. The van der Waals surface area contributed by atoms with Crippen LogP contribution in [0.5, 0.6) is 0 Å². The zero-order valence-corrected chi connectivity index (χ0v) is 7.37. The molecule has 0 spiro atoms. The molecule has 0 fully saturated rings. The minimum absolute atomic E-state index is 0.0205. The second kappa shape index (κ2) is 2.65. The zero-order chi connectivity index (χ0) is 9.42. The molecule has 4 nitrogen and oxygen atoms in total. The van der Waals surface area contributed by atoms with E-state index < -0.39 is 0 Å². The Balaban J connectivity index is 2.54. The third kappa shape index (κ3) is 1.20. The highest BCUT2D eigenvalue weighted by Crippen LogP contribution is 2.32. The van der Waals surface area contributed by atoms with Crippen molar-refractivity contribution < 1.29 is 4.79 Å². The van der Waals surface area contributed by atoms with Crippen molar-refractivity contribution in [3.05, 3.63) is 18.2 Å². The van der Waals surface area contributed by atoms with Crippen LogP contribution in [0.25, 0.3) is 0 Å². The van der Waals surface area contributed by atoms with Gasteiger partial charge in [-0.3, -0.25) is 4.79 Å². The second-order valence-electron chi connectivity index (χ2n) is 3.15. The number of likely N-dealkylation sites (N-methyl/N-ethyl adjacent to an activating group) is 1. The number of hydrogen-bond acceptors (Lipinski definition) is 3. The van der Waals surface area contributed by atoms with E-state index in [-0.39, 0.29) is 5.91 Å². The van der Waals surface area contributed by atoms with Gasteiger partial charge in [-0.1, -0.05) is 6.07 Å². The zero-order valence-electron chi connectivity index (χ0n) is 7.37. The molecule has 4 heteroatoms. The van der Waals surface area contributed by atoms with Gasteiger partial charge in [-0.05, 0) is 12.1 Å². The maximum Gasteiger partial charge on any atom is 0.243 e. The van der Waals surface area contributed by atoms with Gasteiger partial charge < -0.3 is 16.0 Å². The predicted molar refractivity (Wildman–Crippen MR) is 52.8 cm³/mol. The number of anilines is 3. The summed E-state index contributed by atoms with van der Waals surface area (Å²) in [4.78, 5) is 13.1. The molecule has 1 heterocycles. The van der Waals surface area contributed by atoms with Gasteiger partial charge in [-0.15, -0.1) is 0 Å². The summed E-state index contributed by atoms with van der Waals surface area (Å²) >= 11 is 0. The topological polar surface area (TPSA) is 58.4 Å².